The summed E-state index contributed by atoms with van der Waals surface area (Å²) in [6.45, 7) is -0.617. The van der Waals surface area contributed by atoms with Crippen LogP contribution in [0.15, 0.2) is 16.3 Å². The number of hydrogen-bond donors (Lipinski definition) is 0. The third kappa shape index (κ3) is 3.28. The van der Waals surface area contributed by atoms with Gasteiger partial charge in [-0.25, -0.2) is 13.2 Å². The predicted molar refractivity (Wildman–Crippen MR) is 73.2 cm³/mol. The van der Waals surface area contributed by atoms with Crippen LogP contribution in [0.1, 0.15) is 22.5 Å². The van der Waals surface area contributed by atoms with Crippen LogP contribution in [0.25, 0.3) is 0 Å². The molecular formula is C12H14F3NO4S2. The Kier molecular flexibility index (Phi) is 4.83. The first-order valence-electron chi connectivity index (χ1n) is 6.40. The SMILES string of the molecule is COC(=O)c1sccc1S(=O)(=O)N1CCC[C@@H](C(F)(F)F)C1. The van der Waals surface area contributed by atoms with E-state index < -0.39 is 34.6 Å². The van der Waals surface area contributed by atoms with Crippen LogP contribution in [0.5, 0.6) is 0 Å². The van der Waals surface area contributed by atoms with Crippen molar-refractivity contribution in [3.8, 4) is 0 Å². The Hall–Kier alpha value is -1.13. The average molecular weight is 357 g/mol. The highest BCUT2D eigenvalue weighted by Gasteiger charge is 2.45. The van der Waals surface area contributed by atoms with Gasteiger partial charge in [0.05, 0.1) is 13.0 Å². The fourth-order valence-corrected chi connectivity index (χ4v) is 5.14. The number of halogens is 3. The van der Waals surface area contributed by atoms with Crippen LogP contribution in [0, 0.1) is 5.92 Å². The number of rotatable bonds is 3. The number of sulfonamides is 1. The van der Waals surface area contributed by atoms with E-state index in [0.717, 1.165) is 22.8 Å². The van der Waals surface area contributed by atoms with Crippen molar-refractivity contribution in [1.29, 1.82) is 0 Å². The molecule has 22 heavy (non-hydrogen) atoms. The molecule has 1 aromatic heterocycles. The van der Waals surface area contributed by atoms with Crippen molar-refractivity contribution in [2.75, 3.05) is 20.2 Å². The Morgan fingerprint density at radius 3 is 2.73 bits per heavy atom. The van der Waals surface area contributed by atoms with Crippen molar-refractivity contribution >= 4 is 27.3 Å². The lowest BCUT2D eigenvalue weighted by atomic mass is 9.99. The van der Waals surface area contributed by atoms with Crippen molar-refractivity contribution in [2.24, 2.45) is 5.92 Å². The van der Waals surface area contributed by atoms with Crippen LogP contribution >= 0.6 is 11.3 Å². The number of methoxy groups -OCH3 is 1. The van der Waals surface area contributed by atoms with Gasteiger partial charge in [0.25, 0.3) is 0 Å². The highest BCUT2D eigenvalue weighted by atomic mass is 32.2. The molecule has 1 aliphatic rings. The quantitative estimate of drug-likeness (QED) is 0.780. The number of alkyl halides is 3. The van der Waals surface area contributed by atoms with Crippen LogP contribution in [0.3, 0.4) is 0 Å². The van der Waals surface area contributed by atoms with Crippen molar-refractivity contribution < 1.29 is 31.1 Å². The highest BCUT2D eigenvalue weighted by molar-refractivity contribution is 7.89. The van der Waals surface area contributed by atoms with E-state index in [1.165, 1.54) is 11.4 Å². The van der Waals surface area contributed by atoms with E-state index in [0.29, 0.717) is 0 Å². The maximum atomic E-state index is 12.8. The molecule has 0 bridgehead atoms. The van der Waals surface area contributed by atoms with Gasteiger partial charge in [-0.2, -0.15) is 17.5 Å². The first-order valence-corrected chi connectivity index (χ1v) is 8.72. The summed E-state index contributed by atoms with van der Waals surface area (Å²) in [5, 5.41) is 1.39. The highest BCUT2D eigenvalue weighted by Crippen LogP contribution is 2.36. The fourth-order valence-electron chi connectivity index (χ4n) is 2.31. The third-order valence-corrected chi connectivity index (χ3v) is 6.40. The lowest BCUT2D eigenvalue weighted by Crippen LogP contribution is -2.44. The van der Waals surface area contributed by atoms with Gasteiger partial charge in [0.1, 0.15) is 9.77 Å². The molecule has 1 aliphatic heterocycles. The summed E-state index contributed by atoms with van der Waals surface area (Å²) in [6, 6.07) is 1.21. The molecule has 0 radical (unpaired) electrons. The summed E-state index contributed by atoms with van der Waals surface area (Å²) in [7, 11) is -3.04. The van der Waals surface area contributed by atoms with Crippen LogP contribution in [-0.2, 0) is 14.8 Å². The van der Waals surface area contributed by atoms with Gasteiger partial charge in [0.15, 0.2) is 0 Å². The van der Waals surface area contributed by atoms with E-state index in [2.05, 4.69) is 4.74 Å². The molecule has 1 aromatic rings. The zero-order valence-corrected chi connectivity index (χ0v) is 13.2. The molecule has 0 aromatic carbocycles. The Morgan fingerprint density at radius 2 is 2.14 bits per heavy atom. The summed E-state index contributed by atoms with van der Waals surface area (Å²) < 4.78 is 68.8. The Labute approximate surface area is 129 Å². The molecular weight excluding hydrogens is 343 g/mol. The first kappa shape index (κ1) is 17.2. The Bertz CT molecular complexity index is 654. The van der Waals surface area contributed by atoms with Crippen molar-refractivity contribution in [2.45, 2.75) is 23.9 Å². The van der Waals surface area contributed by atoms with Crippen LogP contribution in [0.4, 0.5) is 13.2 Å². The normalized spacial score (nSPS) is 20.8. The number of carbonyl (C=O) groups is 1. The maximum Gasteiger partial charge on any atom is 0.393 e. The number of piperidine rings is 1. The monoisotopic (exact) mass is 357 g/mol. The van der Waals surface area contributed by atoms with Crippen LogP contribution < -0.4 is 0 Å². The smallest absolute Gasteiger partial charge is 0.393 e. The molecule has 1 atom stereocenters. The van der Waals surface area contributed by atoms with E-state index in [-0.39, 0.29) is 29.2 Å². The Balaban J connectivity index is 2.31. The van der Waals surface area contributed by atoms with Gasteiger partial charge in [0.2, 0.25) is 10.0 Å². The number of carbonyl (C=O) groups excluding carboxylic acids is 1. The van der Waals surface area contributed by atoms with Gasteiger partial charge in [-0.1, -0.05) is 0 Å². The number of thiophene rings is 1. The average Bonchev–Trinajstić information content (AvgIpc) is 2.96. The van der Waals surface area contributed by atoms with E-state index >= 15 is 0 Å². The van der Waals surface area contributed by atoms with Crippen LogP contribution in [-0.4, -0.2) is 45.1 Å². The lowest BCUT2D eigenvalue weighted by molar-refractivity contribution is -0.182. The fraction of sp³-hybridized carbons (Fsp3) is 0.583. The summed E-state index contributed by atoms with van der Waals surface area (Å²) in [5.74, 6) is -2.51. The second-order valence-corrected chi connectivity index (χ2v) is 7.67. The van der Waals surface area contributed by atoms with Gasteiger partial charge in [0, 0.05) is 13.1 Å². The molecule has 0 N–H and O–H groups in total. The van der Waals surface area contributed by atoms with E-state index in [9.17, 15) is 26.4 Å². The van der Waals surface area contributed by atoms with E-state index in [1.54, 1.807) is 0 Å². The van der Waals surface area contributed by atoms with Crippen molar-refractivity contribution in [1.82, 2.24) is 4.31 Å². The summed E-state index contributed by atoms with van der Waals surface area (Å²) >= 11 is 0.877. The zero-order valence-electron chi connectivity index (χ0n) is 11.6. The lowest BCUT2D eigenvalue weighted by Gasteiger charge is -2.32. The largest absolute Gasteiger partial charge is 0.465 e. The first-order chi connectivity index (χ1) is 10.2. The van der Waals surface area contributed by atoms with Crippen LogP contribution in [0.2, 0.25) is 0 Å². The van der Waals surface area contributed by atoms with E-state index in [4.69, 9.17) is 0 Å². The molecule has 0 spiro atoms. The second kappa shape index (κ2) is 6.17. The molecule has 124 valence electrons. The van der Waals surface area contributed by atoms with Gasteiger partial charge in [-0.3, -0.25) is 0 Å². The standard InChI is InChI=1S/C12H14F3NO4S2/c1-20-11(17)10-9(4-6-21-10)22(18,19)16-5-2-3-8(7-16)12(13,14)15/h4,6,8H,2-3,5,7H2,1H3/t8-/m1/s1. The number of hydrogen-bond acceptors (Lipinski definition) is 5. The minimum atomic E-state index is -4.44. The summed E-state index contributed by atoms with van der Waals surface area (Å²) in [4.78, 5) is 11.1. The number of nitrogens with zero attached hydrogens (tertiary/aromatic N) is 1. The molecule has 10 heteroatoms. The van der Waals surface area contributed by atoms with Gasteiger partial charge >= 0.3 is 12.1 Å². The molecule has 0 unspecified atom stereocenters. The topological polar surface area (TPSA) is 63.7 Å². The Morgan fingerprint density at radius 1 is 1.45 bits per heavy atom. The molecule has 1 saturated heterocycles. The second-order valence-electron chi connectivity index (χ2n) is 4.85. The summed E-state index contributed by atoms with van der Waals surface area (Å²) in [6.07, 6.45) is -4.40. The molecule has 0 saturated carbocycles. The minimum absolute atomic E-state index is 0.00533. The molecule has 5 nitrogen and oxygen atoms in total. The third-order valence-electron chi connectivity index (χ3n) is 3.46. The maximum absolute atomic E-state index is 12.8. The summed E-state index contributed by atoms with van der Waals surface area (Å²) in [5.41, 5.74) is 0. The molecule has 1 fully saturated rings. The van der Waals surface area contributed by atoms with Gasteiger partial charge < -0.3 is 4.74 Å². The number of esters is 1. The van der Waals surface area contributed by atoms with Crippen molar-refractivity contribution in [3.05, 3.63) is 16.3 Å². The van der Waals surface area contributed by atoms with Gasteiger partial charge in [-0.15, -0.1) is 11.3 Å². The molecule has 0 amide bonds. The number of ether oxygens (including phenoxy) is 1. The molecule has 2 rings (SSSR count). The van der Waals surface area contributed by atoms with Crippen molar-refractivity contribution in [3.63, 3.8) is 0 Å². The molecule has 2 heterocycles. The zero-order chi connectivity index (χ0) is 16.5. The van der Waals surface area contributed by atoms with E-state index in [1.807, 2.05) is 0 Å². The van der Waals surface area contributed by atoms with Gasteiger partial charge in [-0.05, 0) is 24.3 Å². The molecule has 0 aliphatic carbocycles. The minimum Gasteiger partial charge on any atom is -0.465 e. The predicted octanol–water partition coefficient (Wildman–Crippen LogP) is 2.50.